The van der Waals surface area contributed by atoms with E-state index in [0.717, 1.165) is 26.1 Å². The lowest BCUT2D eigenvalue weighted by Gasteiger charge is -2.38. The van der Waals surface area contributed by atoms with Crippen molar-refractivity contribution >= 4 is 17.5 Å². The normalized spacial score (nSPS) is 23.9. The first-order valence-corrected chi connectivity index (χ1v) is 5.72. The van der Waals surface area contributed by atoms with Crippen LogP contribution in [0, 0.1) is 0 Å². The highest BCUT2D eigenvalue weighted by atomic mass is 35.5. The molecule has 0 saturated carbocycles. The number of likely N-dealkylation sites (N-methyl/N-ethyl adjacent to an activating group) is 1. The first-order chi connectivity index (χ1) is 6.65. The summed E-state index contributed by atoms with van der Waals surface area (Å²) in [5.41, 5.74) is 0. The summed E-state index contributed by atoms with van der Waals surface area (Å²) in [5, 5.41) is 0. The van der Waals surface area contributed by atoms with Gasteiger partial charge in [-0.2, -0.15) is 0 Å². The van der Waals surface area contributed by atoms with Gasteiger partial charge in [0, 0.05) is 38.0 Å². The van der Waals surface area contributed by atoms with Crippen molar-refractivity contribution in [3.05, 3.63) is 0 Å². The van der Waals surface area contributed by atoms with Gasteiger partial charge in [0.25, 0.3) is 0 Å². The molecule has 0 bridgehead atoms. The van der Waals surface area contributed by atoms with Crippen LogP contribution in [-0.4, -0.2) is 54.3 Å². The summed E-state index contributed by atoms with van der Waals surface area (Å²) in [4.78, 5) is 16.0. The quantitative estimate of drug-likeness (QED) is 0.664. The first kappa shape index (κ1) is 11.8. The molecule has 1 amide bonds. The van der Waals surface area contributed by atoms with Crippen molar-refractivity contribution in [2.75, 3.05) is 32.6 Å². The molecular formula is C10H19ClN2O. The molecule has 0 aromatic heterocycles. The third-order valence-electron chi connectivity index (χ3n) is 2.68. The molecule has 3 nitrogen and oxygen atoms in total. The second-order valence-electron chi connectivity index (χ2n) is 3.99. The molecule has 1 aliphatic heterocycles. The van der Waals surface area contributed by atoms with Gasteiger partial charge in [-0.25, -0.2) is 0 Å². The van der Waals surface area contributed by atoms with E-state index >= 15 is 0 Å². The van der Waals surface area contributed by atoms with Crippen LogP contribution in [0.2, 0.25) is 0 Å². The molecule has 0 spiro atoms. The van der Waals surface area contributed by atoms with E-state index < -0.39 is 0 Å². The molecule has 1 fully saturated rings. The van der Waals surface area contributed by atoms with Crippen LogP contribution in [0.3, 0.4) is 0 Å². The molecule has 4 heteroatoms. The van der Waals surface area contributed by atoms with Crippen molar-refractivity contribution in [3.8, 4) is 0 Å². The Bertz CT molecular complexity index is 199. The predicted octanol–water partition coefficient (Wildman–Crippen LogP) is 1.17. The standard InChI is InChI=1S/C10H19ClN2O/c1-9-8-12(2)6-7-13(9)10(14)4-3-5-11/h9H,3-8H2,1-2H3. The Morgan fingerprint density at radius 1 is 1.50 bits per heavy atom. The average Bonchev–Trinajstić information content (AvgIpc) is 2.14. The number of nitrogens with zero attached hydrogens (tertiary/aromatic N) is 2. The molecule has 1 saturated heterocycles. The molecule has 1 aliphatic rings. The van der Waals surface area contributed by atoms with Crippen LogP contribution in [0.5, 0.6) is 0 Å². The van der Waals surface area contributed by atoms with Gasteiger partial charge in [-0.3, -0.25) is 4.79 Å². The van der Waals surface area contributed by atoms with Crippen molar-refractivity contribution in [2.24, 2.45) is 0 Å². The van der Waals surface area contributed by atoms with Crippen molar-refractivity contribution in [3.63, 3.8) is 0 Å². The molecular weight excluding hydrogens is 200 g/mol. The molecule has 0 aromatic carbocycles. The van der Waals surface area contributed by atoms with Crippen molar-refractivity contribution in [1.82, 2.24) is 9.80 Å². The Labute approximate surface area is 91.0 Å². The molecule has 14 heavy (non-hydrogen) atoms. The maximum absolute atomic E-state index is 11.7. The number of carbonyl (C=O) groups excluding carboxylic acids is 1. The second-order valence-corrected chi connectivity index (χ2v) is 4.37. The zero-order valence-electron chi connectivity index (χ0n) is 9.00. The zero-order chi connectivity index (χ0) is 10.6. The lowest BCUT2D eigenvalue weighted by Crippen LogP contribution is -2.52. The summed E-state index contributed by atoms with van der Waals surface area (Å²) in [6.45, 7) is 4.93. The highest BCUT2D eigenvalue weighted by Gasteiger charge is 2.24. The minimum atomic E-state index is 0.256. The molecule has 82 valence electrons. The van der Waals surface area contributed by atoms with Crippen LogP contribution < -0.4 is 0 Å². The fraction of sp³-hybridized carbons (Fsp3) is 0.900. The fourth-order valence-electron chi connectivity index (χ4n) is 1.87. The van der Waals surface area contributed by atoms with Gasteiger partial charge < -0.3 is 9.80 Å². The van der Waals surface area contributed by atoms with E-state index in [1.54, 1.807) is 0 Å². The SMILES string of the molecule is CC1CN(C)CCN1C(=O)CCCCl. The molecule has 0 N–H and O–H groups in total. The molecule has 0 aromatic rings. The minimum absolute atomic E-state index is 0.256. The highest BCUT2D eigenvalue weighted by molar-refractivity contribution is 6.17. The van der Waals surface area contributed by atoms with E-state index in [1.807, 2.05) is 4.90 Å². The Kier molecular flexibility index (Phi) is 4.69. The Hall–Kier alpha value is -0.280. The smallest absolute Gasteiger partial charge is 0.222 e. The molecule has 1 atom stereocenters. The van der Waals surface area contributed by atoms with Crippen LogP contribution in [0.4, 0.5) is 0 Å². The van der Waals surface area contributed by atoms with Crippen LogP contribution in [-0.2, 0) is 4.79 Å². The molecule has 0 radical (unpaired) electrons. The van der Waals surface area contributed by atoms with E-state index in [0.29, 0.717) is 18.3 Å². The number of amides is 1. The summed E-state index contributed by atoms with van der Waals surface area (Å²) in [7, 11) is 2.09. The number of rotatable bonds is 3. The third-order valence-corrected chi connectivity index (χ3v) is 2.94. The summed E-state index contributed by atoms with van der Waals surface area (Å²) >= 11 is 5.57. The predicted molar refractivity (Wildman–Crippen MR) is 58.6 cm³/mol. The minimum Gasteiger partial charge on any atom is -0.337 e. The van der Waals surface area contributed by atoms with E-state index in [-0.39, 0.29) is 5.91 Å². The Balaban J connectivity index is 2.39. The number of hydrogen-bond acceptors (Lipinski definition) is 2. The maximum Gasteiger partial charge on any atom is 0.222 e. The van der Waals surface area contributed by atoms with Crippen molar-refractivity contribution in [2.45, 2.75) is 25.8 Å². The third kappa shape index (κ3) is 3.14. The monoisotopic (exact) mass is 218 g/mol. The van der Waals surface area contributed by atoms with Gasteiger partial charge in [0.2, 0.25) is 5.91 Å². The van der Waals surface area contributed by atoms with Crippen molar-refractivity contribution < 1.29 is 4.79 Å². The van der Waals surface area contributed by atoms with E-state index in [9.17, 15) is 4.79 Å². The maximum atomic E-state index is 11.7. The van der Waals surface area contributed by atoms with Crippen LogP contribution >= 0.6 is 11.6 Å². The van der Waals surface area contributed by atoms with E-state index in [4.69, 9.17) is 11.6 Å². The topological polar surface area (TPSA) is 23.6 Å². The lowest BCUT2D eigenvalue weighted by atomic mass is 10.1. The van der Waals surface area contributed by atoms with E-state index in [2.05, 4.69) is 18.9 Å². The number of hydrogen-bond donors (Lipinski definition) is 0. The van der Waals surface area contributed by atoms with Gasteiger partial charge in [0.1, 0.15) is 0 Å². The van der Waals surface area contributed by atoms with Crippen molar-refractivity contribution in [1.29, 1.82) is 0 Å². The Morgan fingerprint density at radius 3 is 2.79 bits per heavy atom. The molecule has 0 aliphatic carbocycles. The lowest BCUT2D eigenvalue weighted by molar-refractivity contribution is -0.135. The summed E-state index contributed by atoms with van der Waals surface area (Å²) < 4.78 is 0. The summed E-state index contributed by atoms with van der Waals surface area (Å²) in [5.74, 6) is 0.833. The van der Waals surface area contributed by atoms with Gasteiger partial charge in [0.05, 0.1) is 0 Å². The van der Waals surface area contributed by atoms with Gasteiger partial charge >= 0.3 is 0 Å². The second kappa shape index (κ2) is 5.56. The van der Waals surface area contributed by atoms with Gasteiger partial charge in [-0.15, -0.1) is 11.6 Å². The number of carbonyl (C=O) groups is 1. The van der Waals surface area contributed by atoms with Crippen LogP contribution in [0.25, 0.3) is 0 Å². The first-order valence-electron chi connectivity index (χ1n) is 5.19. The summed E-state index contributed by atoms with van der Waals surface area (Å²) in [6.07, 6.45) is 1.39. The van der Waals surface area contributed by atoms with Crippen LogP contribution in [0.1, 0.15) is 19.8 Å². The summed E-state index contributed by atoms with van der Waals surface area (Å²) in [6, 6.07) is 0.344. The van der Waals surface area contributed by atoms with Gasteiger partial charge in [0.15, 0.2) is 0 Å². The largest absolute Gasteiger partial charge is 0.337 e. The number of alkyl halides is 1. The molecule has 1 unspecified atom stereocenters. The fourth-order valence-corrected chi connectivity index (χ4v) is 2.01. The zero-order valence-corrected chi connectivity index (χ0v) is 9.76. The number of halogens is 1. The van der Waals surface area contributed by atoms with Gasteiger partial charge in [-0.1, -0.05) is 0 Å². The van der Waals surface area contributed by atoms with E-state index in [1.165, 1.54) is 0 Å². The molecule has 1 rings (SSSR count). The van der Waals surface area contributed by atoms with Gasteiger partial charge in [-0.05, 0) is 20.4 Å². The van der Waals surface area contributed by atoms with Crippen LogP contribution in [0.15, 0.2) is 0 Å². The number of piperazine rings is 1. The Morgan fingerprint density at radius 2 is 2.21 bits per heavy atom. The molecule has 1 heterocycles. The average molecular weight is 219 g/mol. The highest BCUT2D eigenvalue weighted by Crippen LogP contribution is 2.10.